The van der Waals surface area contributed by atoms with Gasteiger partial charge in [-0.2, -0.15) is 0 Å². The fraction of sp³-hybridized carbons (Fsp3) is 0.867. The predicted octanol–water partition coefficient (Wildman–Crippen LogP) is 2.01. The van der Waals surface area contributed by atoms with E-state index in [1.807, 2.05) is 13.0 Å². The highest BCUT2D eigenvalue weighted by Gasteiger charge is 2.75. The van der Waals surface area contributed by atoms with Gasteiger partial charge in [0.1, 0.15) is 5.60 Å². The minimum atomic E-state index is -0.653. The van der Waals surface area contributed by atoms with E-state index in [2.05, 4.69) is 26.8 Å². The monoisotopic (exact) mass is 268 g/mol. The molecule has 4 heteroatoms. The fourth-order valence-electron chi connectivity index (χ4n) is 3.72. The van der Waals surface area contributed by atoms with Gasteiger partial charge in [0.05, 0.1) is 24.9 Å². The van der Waals surface area contributed by atoms with Crippen molar-refractivity contribution in [2.45, 2.75) is 63.6 Å². The van der Waals surface area contributed by atoms with Gasteiger partial charge in [0.25, 0.3) is 0 Å². The number of ether oxygens (including phenoxy) is 3. The van der Waals surface area contributed by atoms with Gasteiger partial charge in [-0.15, -0.1) is 0 Å². The molecule has 0 spiro atoms. The van der Waals surface area contributed by atoms with Gasteiger partial charge in [0.2, 0.25) is 0 Å². The van der Waals surface area contributed by atoms with Crippen LogP contribution in [0.3, 0.4) is 0 Å². The van der Waals surface area contributed by atoms with E-state index in [9.17, 15) is 5.11 Å². The van der Waals surface area contributed by atoms with Crippen LogP contribution >= 0.6 is 0 Å². The normalized spacial score (nSPS) is 47.3. The van der Waals surface area contributed by atoms with E-state index in [0.29, 0.717) is 13.2 Å². The van der Waals surface area contributed by atoms with Crippen LogP contribution in [0, 0.1) is 5.41 Å². The topological polar surface area (TPSA) is 51.2 Å². The Morgan fingerprint density at radius 2 is 1.68 bits per heavy atom. The van der Waals surface area contributed by atoms with Gasteiger partial charge in [-0.25, -0.2) is 0 Å². The number of aliphatic hydroxyl groups is 1. The minimum Gasteiger partial charge on any atom is -0.392 e. The zero-order valence-corrected chi connectivity index (χ0v) is 12.2. The van der Waals surface area contributed by atoms with E-state index in [1.54, 1.807) is 0 Å². The molecule has 3 atom stereocenters. The standard InChI is InChI=1S/C15H24O4/c1-12(2)11(16)5-6-13(3)15(12,19-13)8-7-14(4)17-9-10-18-14/h7-8,11,16H,5-6,9-10H2,1-4H3/b8-7+. The Balaban J connectivity index is 1.88. The quantitative estimate of drug-likeness (QED) is 0.615. The highest BCUT2D eigenvalue weighted by molar-refractivity contribution is 5.33. The molecule has 0 amide bonds. The molecule has 3 unspecified atom stereocenters. The van der Waals surface area contributed by atoms with Crippen molar-refractivity contribution >= 4 is 0 Å². The van der Waals surface area contributed by atoms with Crippen molar-refractivity contribution in [2.75, 3.05) is 13.2 Å². The molecule has 2 heterocycles. The molecule has 0 aromatic heterocycles. The minimum absolute atomic E-state index is 0.165. The van der Waals surface area contributed by atoms with Crippen molar-refractivity contribution in [3.63, 3.8) is 0 Å². The third-order valence-corrected chi connectivity index (χ3v) is 5.30. The highest BCUT2D eigenvalue weighted by atomic mass is 16.7. The third-order valence-electron chi connectivity index (χ3n) is 5.30. The Hall–Kier alpha value is -0.420. The lowest BCUT2D eigenvalue weighted by molar-refractivity contribution is -0.101. The number of rotatable bonds is 2. The fourth-order valence-corrected chi connectivity index (χ4v) is 3.72. The summed E-state index contributed by atoms with van der Waals surface area (Å²) >= 11 is 0. The summed E-state index contributed by atoms with van der Waals surface area (Å²) in [5, 5.41) is 10.3. The molecule has 1 N–H and O–H groups in total. The van der Waals surface area contributed by atoms with Crippen molar-refractivity contribution < 1.29 is 19.3 Å². The maximum Gasteiger partial charge on any atom is 0.185 e. The van der Waals surface area contributed by atoms with Crippen LogP contribution in [0.25, 0.3) is 0 Å². The lowest BCUT2D eigenvalue weighted by Gasteiger charge is -2.41. The van der Waals surface area contributed by atoms with Gasteiger partial charge in [-0.05, 0) is 38.8 Å². The maximum atomic E-state index is 10.3. The molecule has 3 rings (SSSR count). The molecule has 0 aromatic carbocycles. The zero-order valence-electron chi connectivity index (χ0n) is 12.2. The van der Waals surface area contributed by atoms with Gasteiger partial charge in [0.15, 0.2) is 5.79 Å². The highest BCUT2D eigenvalue weighted by Crippen LogP contribution is 2.66. The molecular weight excluding hydrogens is 244 g/mol. The second-order valence-corrected chi connectivity index (χ2v) is 6.89. The molecule has 3 aliphatic rings. The van der Waals surface area contributed by atoms with Crippen LogP contribution in [0.4, 0.5) is 0 Å². The Morgan fingerprint density at radius 3 is 2.32 bits per heavy atom. The van der Waals surface area contributed by atoms with Crippen molar-refractivity contribution in [3.8, 4) is 0 Å². The van der Waals surface area contributed by atoms with Crippen LogP contribution < -0.4 is 0 Å². The average molecular weight is 268 g/mol. The summed E-state index contributed by atoms with van der Waals surface area (Å²) in [7, 11) is 0. The summed E-state index contributed by atoms with van der Waals surface area (Å²) in [4.78, 5) is 0. The third kappa shape index (κ3) is 1.74. The number of hydrogen-bond acceptors (Lipinski definition) is 4. The second-order valence-electron chi connectivity index (χ2n) is 6.89. The first-order valence-electron chi connectivity index (χ1n) is 7.11. The Labute approximate surface area is 114 Å². The summed E-state index contributed by atoms with van der Waals surface area (Å²) in [6.07, 6.45) is 5.35. The molecule has 4 nitrogen and oxygen atoms in total. The molecule has 2 aliphatic heterocycles. The first-order chi connectivity index (χ1) is 8.75. The van der Waals surface area contributed by atoms with Crippen molar-refractivity contribution in [1.82, 2.24) is 0 Å². The van der Waals surface area contributed by atoms with Gasteiger partial charge >= 0.3 is 0 Å². The van der Waals surface area contributed by atoms with E-state index < -0.39 is 11.4 Å². The van der Waals surface area contributed by atoms with E-state index >= 15 is 0 Å². The average Bonchev–Trinajstić information content (AvgIpc) is 2.74. The second kappa shape index (κ2) is 3.82. The number of epoxide rings is 1. The molecule has 1 saturated carbocycles. The van der Waals surface area contributed by atoms with Crippen molar-refractivity contribution in [1.29, 1.82) is 0 Å². The summed E-state index contributed by atoms with van der Waals surface area (Å²) in [5.41, 5.74) is -0.872. The van der Waals surface area contributed by atoms with Crippen molar-refractivity contribution in [3.05, 3.63) is 12.2 Å². The van der Waals surface area contributed by atoms with Crippen LogP contribution in [-0.4, -0.2) is 41.4 Å². The van der Waals surface area contributed by atoms with Crippen LogP contribution in [0.5, 0.6) is 0 Å². The Morgan fingerprint density at radius 1 is 1.05 bits per heavy atom. The molecule has 108 valence electrons. The summed E-state index contributed by atoms with van der Waals surface area (Å²) in [6, 6.07) is 0. The molecule has 0 aromatic rings. The van der Waals surface area contributed by atoms with Gasteiger partial charge in [0, 0.05) is 5.41 Å². The zero-order chi connectivity index (χ0) is 13.9. The molecule has 19 heavy (non-hydrogen) atoms. The Bertz CT molecular complexity index is 410. The molecule has 2 saturated heterocycles. The molecule has 3 fully saturated rings. The van der Waals surface area contributed by atoms with E-state index in [1.165, 1.54) is 0 Å². The van der Waals surface area contributed by atoms with Crippen LogP contribution in [0.2, 0.25) is 0 Å². The number of hydrogen-bond donors (Lipinski definition) is 1. The van der Waals surface area contributed by atoms with E-state index in [-0.39, 0.29) is 17.1 Å². The lowest BCUT2D eigenvalue weighted by atomic mass is 9.62. The molecule has 0 bridgehead atoms. The SMILES string of the molecule is CC1(/C=C/C23OC2(C)CCC(O)C3(C)C)OCCO1. The van der Waals surface area contributed by atoms with E-state index in [4.69, 9.17) is 14.2 Å². The summed E-state index contributed by atoms with van der Waals surface area (Å²) in [5.74, 6) is -0.653. The maximum absolute atomic E-state index is 10.3. The predicted molar refractivity (Wildman–Crippen MR) is 70.7 cm³/mol. The molecule has 1 aliphatic carbocycles. The summed E-state index contributed by atoms with van der Waals surface area (Å²) < 4.78 is 17.3. The number of aliphatic hydroxyl groups excluding tert-OH is 1. The Kier molecular flexibility index (Phi) is 2.72. The van der Waals surface area contributed by atoms with Gasteiger partial charge in [-0.3, -0.25) is 0 Å². The van der Waals surface area contributed by atoms with Gasteiger partial charge < -0.3 is 19.3 Å². The molecule has 0 radical (unpaired) electrons. The van der Waals surface area contributed by atoms with E-state index in [0.717, 1.165) is 12.8 Å². The first-order valence-corrected chi connectivity index (χ1v) is 7.11. The smallest absolute Gasteiger partial charge is 0.185 e. The van der Waals surface area contributed by atoms with Gasteiger partial charge in [-0.1, -0.05) is 13.8 Å². The lowest BCUT2D eigenvalue weighted by Crippen LogP contribution is -2.50. The summed E-state index contributed by atoms with van der Waals surface area (Å²) in [6.45, 7) is 9.44. The van der Waals surface area contributed by atoms with Crippen LogP contribution in [-0.2, 0) is 14.2 Å². The van der Waals surface area contributed by atoms with Crippen LogP contribution in [0.15, 0.2) is 12.2 Å². The number of fused-ring (bicyclic) bond motifs is 1. The van der Waals surface area contributed by atoms with Crippen molar-refractivity contribution in [2.24, 2.45) is 5.41 Å². The first kappa shape index (κ1) is 13.6. The molecular formula is C15H24O4. The van der Waals surface area contributed by atoms with Crippen LogP contribution in [0.1, 0.15) is 40.5 Å². The largest absolute Gasteiger partial charge is 0.392 e.